The molecule has 1 rings (SSSR count). The molecule has 2 nitrogen and oxygen atoms in total. The molecule has 1 fully saturated rings. The van der Waals surface area contributed by atoms with Crippen molar-refractivity contribution < 1.29 is 9.53 Å². The summed E-state index contributed by atoms with van der Waals surface area (Å²) in [7, 11) is 0. The second kappa shape index (κ2) is 7.30. The molecule has 3 heteroatoms. The summed E-state index contributed by atoms with van der Waals surface area (Å²) < 4.78 is 5.47. The van der Waals surface area contributed by atoms with E-state index in [1.54, 1.807) is 11.8 Å². The monoisotopic (exact) mass is 216 g/mol. The van der Waals surface area contributed by atoms with Crippen LogP contribution in [0, 0.1) is 0 Å². The van der Waals surface area contributed by atoms with E-state index < -0.39 is 0 Å². The Morgan fingerprint density at radius 1 is 1.57 bits per heavy atom. The van der Waals surface area contributed by atoms with Crippen molar-refractivity contribution in [1.29, 1.82) is 0 Å². The van der Waals surface area contributed by atoms with E-state index in [2.05, 4.69) is 6.92 Å². The Balaban J connectivity index is 1.96. The van der Waals surface area contributed by atoms with Crippen molar-refractivity contribution in [2.75, 3.05) is 18.1 Å². The molecule has 1 atom stereocenters. The number of hydrogen-bond donors (Lipinski definition) is 0. The molecule has 1 aliphatic rings. The Bertz CT molecular complexity index is 165. The van der Waals surface area contributed by atoms with Gasteiger partial charge in [-0.15, -0.1) is 0 Å². The van der Waals surface area contributed by atoms with Gasteiger partial charge in [-0.3, -0.25) is 4.79 Å². The second-order valence-electron chi connectivity index (χ2n) is 3.76. The highest BCUT2D eigenvalue weighted by Gasteiger charge is 2.16. The number of thioether (sulfide) groups is 1. The van der Waals surface area contributed by atoms with Gasteiger partial charge in [-0.2, -0.15) is 11.8 Å². The third kappa shape index (κ3) is 5.01. The van der Waals surface area contributed by atoms with Crippen LogP contribution in [-0.4, -0.2) is 30.0 Å². The van der Waals surface area contributed by atoms with Crippen molar-refractivity contribution in [3.63, 3.8) is 0 Å². The van der Waals surface area contributed by atoms with Crippen LogP contribution in [0.2, 0.25) is 0 Å². The Morgan fingerprint density at radius 2 is 2.43 bits per heavy atom. The highest BCUT2D eigenvalue weighted by Crippen LogP contribution is 2.17. The van der Waals surface area contributed by atoms with Gasteiger partial charge >= 0.3 is 0 Å². The maximum Gasteiger partial charge on any atom is 0.142 e. The van der Waals surface area contributed by atoms with Crippen LogP contribution < -0.4 is 0 Å². The van der Waals surface area contributed by atoms with Crippen molar-refractivity contribution >= 4 is 17.5 Å². The van der Waals surface area contributed by atoms with Crippen LogP contribution in [-0.2, 0) is 9.53 Å². The highest BCUT2D eigenvalue weighted by atomic mass is 32.2. The molecule has 0 radical (unpaired) electrons. The smallest absolute Gasteiger partial charge is 0.142 e. The fourth-order valence-corrected chi connectivity index (χ4v) is 2.40. The van der Waals surface area contributed by atoms with Crippen LogP contribution in [0.1, 0.15) is 39.0 Å². The standard InChI is InChI=1S/C11H20O2S/c1-2-8-14-9-10(12)5-6-11-4-3-7-13-11/h11H,2-9H2,1H3. The van der Waals surface area contributed by atoms with Gasteiger partial charge in [-0.05, 0) is 31.4 Å². The van der Waals surface area contributed by atoms with Crippen LogP contribution >= 0.6 is 11.8 Å². The third-order valence-corrected chi connectivity index (χ3v) is 3.60. The maximum atomic E-state index is 11.4. The lowest BCUT2D eigenvalue weighted by molar-refractivity contribution is -0.117. The molecular formula is C11H20O2S. The van der Waals surface area contributed by atoms with Gasteiger partial charge in [-0.25, -0.2) is 0 Å². The predicted octanol–water partition coefficient (Wildman–Crippen LogP) is 2.66. The molecule has 82 valence electrons. The summed E-state index contributed by atoms with van der Waals surface area (Å²) in [6.45, 7) is 3.04. The van der Waals surface area contributed by atoms with E-state index in [0.29, 0.717) is 24.1 Å². The van der Waals surface area contributed by atoms with Crippen LogP contribution in [0.25, 0.3) is 0 Å². The van der Waals surface area contributed by atoms with Crippen molar-refractivity contribution in [2.24, 2.45) is 0 Å². The molecule has 0 aromatic rings. The van der Waals surface area contributed by atoms with Crippen LogP contribution in [0.3, 0.4) is 0 Å². The largest absolute Gasteiger partial charge is 0.378 e. The van der Waals surface area contributed by atoms with Crippen molar-refractivity contribution in [3.05, 3.63) is 0 Å². The second-order valence-corrected chi connectivity index (χ2v) is 4.87. The number of ketones is 1. The highest BCUT2D eigenvalue weighted by molar-refractivity contribution is 7.99. The topological polar surface area (TPSA) is 26.3 Å². The lowest BCUT2D eigenvalue weighted by Gasteiger charge is -2.07. The molecule has 1 saturated heterocycles. The first-order chi connectivity index (χ1) is 6.83. The average molecular weight is 216 g/mol. The minimum absolute atomic E-state index is 0.370. The predicted molar refractivity (Wildman–Crippen MR) is 60.8 cm³/mol. The lowest BCUT2D eigenvalue weighted by Crippen LogP contribution is -2.10. The number of carbonyl (C=O) groups is 1. The molecule has 0 aromatic heterocycles. The summed E-state index contributed by atoms with van der Waals surface area (Å²) in [5.74, 6) is 2.19. The molecule has 1 heterocycles. The molecule has 1 unspecified atom stereocenters. The van der Waals surface area contributed by atoms with E-state index in [1.165, 1.54) is 6.42 Å². The fourth-order valence-electron chi connectivity index (χ4n) is 1.60. The molecule has 0 aliphatic carbocycles. The van der Waals surface area contributed by atoms with Gasteiger partial charge in [0.2, 0.25) is 0 Å². The Hall–Kier alpha value is -0.0200. The number of carbonyl (C=O) groups excluding carboxylic acids is 1. The van der Waals surface area contributed by atoms with Gasteiger partial charge in [0.1, 0.15) is 5.78 Å². The molecule has 0 amide bonds. The van der Waals surface area contributed by atoms with E-state index in [-0.39, 0.29) is 0 Å². The van der Waals surface area contributed by atoms with Crippen LogP contribution in [0.15, 0.2) is 0 Å². The first kappa shape index (κ1) is 12.1. The summed E-state index contributed by atoms with van der Waals surface area (Å²) >= 11 is 1.75. The summed E-state index contributed by atoms with van der Waals surface area (Å²) in [5, 5.41) is 0. The van der Waals surface area contributed by atoms with Gasteiger partial charge < -0.3 is 4.74 Å². The molecular weight excluding hydrogens is 196 g/mol. The summed E-state index contributed by atoms with van der Waals surface area (Å²) in [5.41, 5.74) is 0. The van der Waals surface area contributed by atoms with Gasteiger partial charge in [0.15, 0.2) is 0 Å². The van der Waals surface area contributed by atoms with Gasteiger partial charge in [0.05, 0.1) is 11.9 Å². The Morgan fingerprint density at radius 3 is 3.07 bits per heavy atom. The number of ether oxygens (including phenoxy) is 1. The molecule has 0 bridgehead atoms. The molecule has 0 aromatic carbocycles. The zero-order chi connectivity index (χ0) is 10.2. The molecule has 0 spiro atoms. The van der Waals surface area contributed by atoms with Crippen molar-refractivity contribution in [2.45, 2.75) is 45.1 Å². The summed E-state index contributed by atoms with van der Waals surface area (Å²) in [6.07, 6.45) is 5.49. The zero-order valence-electron chi connectivity index (χ0n) is 8.96. The summed E-state index contributed by atoms with van der Waals surface area (Å²) in [6, 6.07) is 0. The van der Waals surface area contributed by atoms with E-state index in [9.17, 15) is 4.79 Å². The van der Waals surface area contributed by atoms with Crippen LogP contribution in [0.5, 0.6) is 0 Å². The maximum absolute atomic E-state index is 11.4. The van der Waals surface area contributed by atoms with E-state index in [1.807, 2.05) is 0 Å². The molecule has 0 saturated carbocycles. The normalized spacial score (nSPS) is 21.4. The first-order valence-corrected chi connectivity index (χ1v) is 6.69. The van der Waals surface area contributed by atoms with E-state index in [0.717, 1.165) is 31.6 Å². The van der Waals surface area contributed by atoms with Gasteiger partial charge in [-0.1, -0.05) is 6.92 Å². The summed E-state index contributed by atoms with van der Waals surface area (Å²) in [4.78, 5) is 11.4. The fraction of sp³-hybridized carbons (Fsp3) is 0.909. The Labute approximate surface area is 90.8 Å². The van der Waals surface area contributed by atoms with Crippen molar-refractivity contribution in [1.82, 2.24) is 0 Å². The lowest BCUT2D eigenvalue weighted by atomic mass is 10.1. The molecule has 14 heavy (non-hydrogen) atoms. The van der Waals surface area contributed by atoms with E-state index in [4.69, 9.17) is 4.74 Å². The zero-order valence-corrected chi connectivity index (χ0v) is 9.78. The van der Waals surface area contributed by atoms with Gasteiger partial charge in [0, 0.05) is 13.0 Å². The van der Waals surface area contributed by atoms with Crippen LogP contribution in [0.4, 0.5) is 0 Å². The number of hydrogen-bond acceptors (Lipinski definition) is 3. The van der Waals surface area contributed by atoms with Gasteiger partial charge in [0.25, 0.3) is 0 Å². The number of Topliss-reactive ketones (excluding diaryl/α,β-unsaturated/α-hetero) is 1. The minimum Gasteiger partial charge on any atom is -0.378 e. The minimum atomic E-state index is 0.370. The molecule has 1 aliphatic heterocycles. The third-order valence-electron chi connectivity index (χ3n) is 2.38. The quantitative estimate of drug-likeness (QED) is 0.612. The van der Waals surface area contributed by atoms with Crippen molar-refractivity contribution in [3.8, 4) is 0 Å². The first-order valence-electron chi connectivity index (χ1n) is 5.54. The SMILES string of the molecule is CCCSCC(=O)CCC1CCCO1. The number of rotatable bonds is 7. The average Bonchev–Trinajstić information content (AvgIpc) is 2.68. The Kier molecular flexibility index (Phi) is 6.28. The van der Waals surface area contributed by atoms with E-state index >= 15 is 0 Å². The molecule has 0 N–H and O–H groups in total.